The minimum atomic E-state index is -0.466. The summed E-state index contributed by atoms with van der Waals surface area (Å²) in [5.41, 5.74) is 1.71. The molecule has 0 saturated carbocycles. The molecule has 1 aromatic carbocycles. The number of aryl methyl sites for hydroxylation is 1. The molecule has 0 radical (unpaired) electrons. The van der Waals surface area contributed by atoms with Gasteiger partial charge < -0.3 is 14.9 Å². The van der Waals surface area contributed by atoms with Crippen LogP contribution >= 0.6 is 0 Å². The number of hydrogen-bond donors (Lipinski definition) is 2. The van der Waals surface area contributed by atoms with Crippen LogP contribution in [0.15, 0.2) is 12.1 Å². The Morgan fingerprint density at radius 1 is 1.43 bits per heavy atom. The molecule has 1 rings (SSSR count). The zero-order valence-corrected chi connectivity index (χ0v) is 8.74. The minimum Gasteiger partial charge on any atom is -0.504 e. The summed E-state index contributed by atoms with van der Waals surface area (Å²) in [7, 11) is 1.51. The Hall–Kier alpha value is -1.22. The Balaban J connectivity index is 3.11. The molecule has 0 fully saturated rings. The summed E-state index contributed by atoms with van der Waals surface area (Å²) in [4.78, 5) is 0. The lowest BCUT2D eigenvalue weighted by Crippen LogP contribution is -2.06. The Morgan fingerprint density at radius 3 is 2.57 bits per heavy atom. The Morgan fingerprint density at radius 2 is 2.07 bits per heavy atom. The van der Waals surface area contributed by atoms with Crippen molar-refractivity contribution in [2.45, 2.75) is 26.4 Å². The number of methoxy groups -OCH3 is 1. The fraction of sp³-hybridized carbons (Fsp3) is 0.455. The summed E-state index contributed by atoms with van der Waals surface area (Å²) in [5.74, 6) is 0.583. The van der Waals surface area contributed by atoms with Crippen LogP contribution in [0.4, 0.5) is 0 Å². The van der Waals surface area contributed by atoms with Crippen molar-refractivity contribution in [3.8, 4) is 11.5 Å². The highest BCUT2D eigenvalue weighted by Crippen LogP contribution is 2.32. The van der Waals surface area contributed by atoms with Crippen LogP contribution in [0.3, 0.4) is 0 Å². The van der Waals surface area contributed by atoms with Gasteiger partial charge in [0.1, 0.15) is 0 Å². The molecule has 0 spiro atoms. The quantitative estimate of drug-likeness (QED) is 0.772. The van der Waals surface area contributed by atoms with Crippen molar-refractivity contribution in [2.75, 3.05) is 7.11 Å². The SMILES string of the molecule is COc1ccc(C)c(CC(C)O)c1O. The van der Waals surface area contributed by atoms with E-state index < -0.39 is 6.10 Å². The van der Waals surface area contributed by atoms with Gasteiger partial charge in [-0.1, -0.05) is 6.07 Å². The smallest absolute Gasteiger partial charge is 0.161 e. The van der Waals surface area contributed by atoms with Crippen molar-refractivity contribution in [2.24, 2.45) is 0 Å². The van der Waals surface area contributed by atoms with Crippen LogP contribution in [0.5, 0.6) is 11.5 Å². The zero-order valence-electron chi connectivity index (χ0n) is 8.74. The first-order valence-corrected chi connectivity index (χ1v) is 4.59. The number of aromatic hydroxyl groups is 1. The maximum atomic E-state index is 9.78. The van der Waals surface area contributed by atoms with Crippen LogP contribution in [0.25, 0.3) is 0 Å². The summed E-state index contributed by atoms with van der Waals surface area (Å²) in [6, 6.07) is 3.59. The lowest BCUT2D eigenvalue weighted by atomic mass is 10.0. The molecule has 0 aliphatic carbocycles. The van der Waals surface area contributed by atoms with Gasteiger partial charge in [0, 0.05) is 12.0 Å². The van der Waals surface area contributed by atoms with E-state index >= 15 is 0 Å². The maximum absolute atomic E-state index is 9.78. The van der Waals surface area contributed by atoms with Gasteiger partial charge in [-0.25, -0.2) is 0 Å². The van der Waals surface area contributed by atoms with Gasteiger partial charge in [0.05, 0.1) is 13.2 Å². The molecule has 3 nitrogen and oxygen atoms in total. The van der Waals surface area contributed by atoms with Crippen molar-refractivity contribution in [1.82, 2.24) is 0 Å². The molecule has 0 aromatic heterocycles. The van der Waals surface area contributed by atoms with E-state index in [1.807, 2.05) is 13.0 Å². The van der Waals surface area contributed by atoms with E-state index in [0.29, 0.717) is 12.2 Å². The molecule has 1 aromatic rings. The first-order valence-electron chi connectivity index (χ1n) is 4.59. The number of phenols is 1. The van der Waals surface area contributed by atoms with E-state index in [2.05, 4.69) is 0 Å². The summed E-state index contributed by atoms with van der Waals surface area (Å²) in [5, 5.41) is 19.0. The summed E-state index contributed by atoms with van der Waals surface area (Å²) in [6.45, 7) is 3.59. The number of rotatable bonds is 3. The molecule has 0 amide bonds. The van der Waals surface area contributed by atoms with E-state index in [4.69, 9.17) is 4.74 Å². The van der Waals surface area contributed by atoms with Crippen LogP contribution in [-0.2, 0) is 6.42 Å². The summed E-state index contributed by atoms with van der Waals surface area (Å²) >= 11 is 0. The number of phenolic OH excluding ortho intramolecular Hbond substituents is 1. The van der Waals surface area contributed by atoms with Gasteiger partial charge in [0.25, 0.3) is 0 Å². The van der Waals surface area contributed by atoms with Gasteiger partial charge in [-0.2, -0.15) is 0 Å². The van der Waals surface area contributed by atoms with Crippen LogP contribution in [0, 0.1) is 6.92 Å². The van der Waals surface area contributed by atoms with Gasteiger partial charge in [-0.15, -0.1) is 0 Å². The third kappa shape index (κ3) is 2.17. The molecule has 3 heteroatoms. The lowest BCUT2D eigenvalue weighted by molar-refractivity contribution is 0.193. The van der Waals surface area contributed by atoms with Crippen LogP contribution in [-0.4, -0.2) is 23.4 Å². The van der Waals surface area contributed by atoms with Crippen molar-refractivity contribution in [3.63, 3.8) is 0 Å². The average molecular weight is 196 g/mol. The third-order valence-corrected chi connectivity index (χ3v) is 2.20. The van der Waals surface area contributed by atoms with E-state index in [-0.39, 0.29) is 5.75 Å². The molecular weight excluding hydrogens is 180 g/mol. The summed E-state index contributed by atoms with van der Waals surface area (Å²) < 4.78 is 4.99. The molecular formula is C11H16O3. The number of aliphatic hydroxyl groups is 1. The van der Waals surface area contributed by atoms with Gasteiger partial charge in [-0.3, -0.25) is 0 Å². The largest absolute Gasteiger partial charge is 0.504 e. The number of ether oxygens (including phenoxy) is 1. The zero-order chi connectivity index (χ0) is 10.7. The topological polar surface area (TPSA) is 49.7 Å². The van der Waals surface area contributed by atoms with E-state index in [1.54, 1.807) is 13.0 Å². The van der Waals surface area contributed by atoms with Gasteiger partial charge in [0.15, 0.2) is 11.5 Å². The Labute approximate surface area is 84.0 Å². The molecule has 78 valence electrons. The van der Waals surface area contributed by atoms with Gasteiger partial charge in [-0.05, 0) is 25.5 Å². The number of hydrogen-bond acceptors (Lipinski definition) is 3. The van der Waals surface area contributed by atoms with Gasteiger partial charge >= 0.3 is 0 Å². The number of benzene rings is 1. The molecule has 0 aliphatic rings. The molecule has 1 unspecified atom stereocenters. The highest BCUT2D eigenvalue weighted by molar-refractivity contribution is 5.49. The van der Waals surface area contributed by atoms with E-state index in [9.17, 15) is 10.2 Å². The molecule has 0 saturated heterocycles. The van der Waals surface area contributed by atoms with Gasteiger partial charge in [0.2, 0.25) is 0 Å². The first-order chi connectivity index (χ1) is 6.56. The third-order valence-electron chi connectivity index (χ3n) is 2.20. The normalized spacial score (nSPS) is 12.6. The minimum absolute atomic E-state index is 0.133. The predicted molar refractivity (Wildman–Crippen MR) is 54.8 cm³/mol. The second kappa shape index (κ2) is 4.33. The molecule has 2 N–H and O–H groups in total. The predicted octanol–water partition coefficient (Wildman–Crippen LogP) is 1.63. The molecule has 0 aliphatic heterocycles. The molecule has 0 heterocycles. The average Bonchev–Trinajstić information content (AvgIpc) is 2.12. The summed E-state index contributed by atoms with van der Waals surface area (Å²) in [6.07, 6.45) is -0.0267. The maximum Gasteiger partial charge on any atom is 0.161 e. The van der Waals surface area contributed by atoms with Crippen molar-refractivity contribution < 1.29 is 14.9 Å². The van der Waals surface area contributed by atoms with E-state index in [0.717, 1.165) is 11.1 Å². The van der Waals surface area contributed by atoms with Crippen LogP contribution in [0.2, 0.25) is 0 Å². The second-order valence-electron chi connectivity index (χ2n) is 3.47. The Kier molecular flexibility index (Phi) is 3.36. The first kappa shape index (κ1) is 10.9. The highest BCUT2D eigenvalue weighted by Gasteiger charge is 2.12. The standard InChI is InChI=1S/C11H16O3/c1-7-4-5-10(14-3)11(13)9(7)6-8(2)12/h4-5,8,12-13H,6H2,1-3H3. The highest BCUT2D eigenvalue weighted by atomic mass is 16.5. The van der Waals surface area contributed by atoms with Crippen LogP contribution < -0.4 is 4.74 Å². The van der Waals surface area contributed by atoms with Crippen LogP contribution in [0.1, 0.15) is 18.1 Å². The Bertz CT molecular complexity index is 319. The monoisotopic (exact) mass is 196 g/mol. The van der Waals surface area contributed by atoms with Crippen molar-refractivity contribution >= 4 is 0 Å². The van der Waals surface area contributed by atoms with E-state index in [1.165, 1.54) is 7.11 Å². The molecule has 0 bridgehead atoms. The number of aliphatic hydroxyl groups excluding tert-OH is 1. The van der Waals surface area contributed by atoms with Crippen molar-refractivity contribution in [1.29, 1.82) is 0 Å². The molecule has 1 atom stereocenters. The van der Waals surface area contributed by atoms with Crippen molar-refractivity contribution in [3.05, 3.63) is 23.3 Å². The molecule has 14 heavy (non-hydrogen) atoms. The fourth-order valence-corrected chi connectivity index (χ4v) is 1.43. The second-order valence-corrected chi connectivity index (χ2v) is 3.47. The fourth-order valence-electron chi connectivity index (χ4n) is 1.43. The lowest BCUT2D eigenvalue weighted by Gasteiger charge is -2.13.